The Morgan fingerprint density at radius 2 is 1.85 bits per heavy atom. The first-order valence-electron chi connectivity index (χ1n) is 9.54. The average molecular weight is 355 g/mol. The van der Waals surface area contributed by atoms with Gasteiger partial charge in [0.15, 0.2) is 0 Å². The van der Waals surface area contributed by atoms with Gasteiger partial charge in [-0.2, -0.15) is 0 Å². The zero-order valence-electron chi connectivity index (χ0n) is 15.2. The number of amides is 3. The van der Waals surface area contributed by atoms with Gasteiger partial charge in [0.05, 0.1) is 11.3 Å². The second-order valence-electron chi connectivity index (χ2n) is 7.61. The van der Waals surface area contributed by atoms with Crippen LogP contribution in [-0.4, -0.2) is 52.8 Å². The molecule has 0 aliphatic carbocycles. The van der Waals surface area contributed by atoms with Crippen LogP contribution in [0, 0.1) is 0 Å². The van der Waals surface area contributed by atoms with Crippen LogP contribution in [0.25, 0.3) is 0 Å². The van der Waals surface area contributed by atoms with Crippen molar-refractivity contribution in [3.8, 4) is 0 Å². The summed E-state index contributed by atoms with van der Waals surface area (Å²) in [4.78, 5) is 43.6. The van der Waals surface area contributed by atoms with Crippen molar-refractivity contribution in [2.75, 3.05) is 24.5 Å². The van der Waals surface area contributed by atoms with Crippen molar-refractivity contribution in [3.63, 3.8) is 0 Å². The highest BCUT2D eigenvalue weighted by molar-refractivity contribution is 6.10. The molecule has 0 spiro atoms. The van der Waals surface area contributed by atoms with Gasteiger partial charge in [-0.1, -0.05) is 12.1 Å². The van der Waals surface area contributed by atoms with Crippen LogP contribution < -0.4 is 4.90 Å². The molecule has 2 fully saturated rings. The van der Waals surface area contributed by atoms with Crippen molar-refractivity contribution in [1.82, 2.24) is 9.80 Å². The van der Waals surface area contributed by atoms with E-state index in [9.17, 15) is 14.4 Å². The fourth-order valence-corrected chi connectivity index (χ4v) is 4.55. The van der Waals surface area contributed by atoms with Crippen molar-refractivity contribution in [1.29, 1.82) is 0 Å². The predicted molar refractivity (Wildman–Crippen MR) is 97.7 cm³/mol. The number of likely N-dealkylation sites (tertiary alicyclic amines) is 1. The first kappa shape index (κ1) is 17.1. The summed E-state index contributed by atoms with van der Waals surface area (Å²) < 4.78 is 0. The number of piperidine rings is 1. The van der Waals surface area contributed by atoms with Gasteiger partial charge >= 0.3 is 0 Å². The molecule has 6 heteroatoms. The summed E-state index contributed by atoms with van der Waals surface area (Å²) in [6.45, 7) is 3.93. The van der Waals surface area contributed by atoms with Crippen molar-refractivity contribution in [2.24, 2.45) is 0 Å². The molecule has 1 aromatic carbocycles. The lowest BCUT2D eigenvalue weighted by molar-refractivity contribution is -0.132. The number of fused-ring (bicyclic) bond motifs is 3. The Kier molecular flexibility index (Phi) is 4.21. The number of hydrogen-bond donors (Lipinski definition) is 0. The monoisotopic (exact) mass is 355 g/mol. The maximum atomic E-state index is 13.1. The van der Waals surface area contributed by atoms with Gasteiger partial charge in [-0.3, -0.25) is 19.3 Å². The number of benzene rings is 1. The first-order valence-corrected chi connectivity index (χ1v) is 9.54. The number of anilines is 1. The van der Waals surface area contributed by atoms with Gasteiger partial charge in [-0.15, -0.1) is 0 Å². The summed E-state index contributed by atoms with van der Waals surface area (Å²) in [7, 11) is 0. The SMILES string of the molecule is CC12CCC(=O)N1c1ccccc1C(=O)N2CCC(=O)N1CCCCC1. The fourth-order valence-electron chi connectivity index (χ4n) is 4.55. The molecule has 0 radical (unpaired) electrons. The molecule has 26 heavy (non-hydrogen) atoms. The average Bonchev–Trinajstić information content (AvgIpc) is 2.97. The lowest BCUT2D eigenvalue weighted by atomic mass is 9.98. The minimum atomic E-state index is -0.676. The van der Waals surface area contributed by atoms with E-state index < -0.39 is 5.66 Å². The summed E-state index contributed by atoms with van der Waals surface area (Å²) in [6.07, 6.45) is 4.63. The lowest BCUT2D eigenvalue weighted by Crippen LogP contribution is -2.62. The van der Waals surface area contributed by atoms with Gasteiger partial charge in [0.25, 0.3) is 5.91 Å². The van der Waals surface area contributed by atoms with E-state index in [1.807, 2.05) is 30.0 Å². The fraction of sp³-hybridized carbons (Fsp3) is 0.550. The van der Waals surface area contributed by atoms with E-state index in [1.54, 1.807) is 15.9 Å². The molecule has 1 atom stereocenters. The largest absolute Gasteiger partial charge is 0.343 e. The molecule has 1 unspecified atom stereocenters. The van der Waals surface area contributed by atoms with Crippen LogP contribution in [0.4, 0.5) is 5.69 Å². The number of rotatable bonds is 3. The molecular formula is C20H25N3O3. The molecular weight excluding hydrogens is 330 g/mol. The molecule has 0 bridgehead atoms. The third-order valence-electron chi connectivity index (χ3n) is 6.00. The maximum Gasteiger partial charge on any atom is 0.257 e. The molecule has 3 amide bonds. The second kappa shape index (κ2) is 6.41. The molecule has 1 aromatic rings. The summed E-state index contributed by atoms with van der Waals surface area (Å²) in [6, 6.07) is 7.28. The number of nitrogens with zero attached hydrogens (tertiary/aromatic N) is 3. The molecule has 6 nitrogen and oxygen atoms in total. The van der Waals surface area contributed by atoms with E-state index in [2.05, 4.69) is 0 Å². The van der Waals surface area contributed by atoms with E-state index >= 15 is 0 Å². The molecule has 3 aliphatic heterocycles. The van der Waals surface area contributed by atoms with Crippen LogP contribution in [0.1, 0.15) is 55.8 Å². The van der Waals surface area contributed by atoms with Gasteiger partial charge in [-0.25, -0.2) is 0 Å². The maximum absolute atomic E-state index is 13.1. The molecule has 0 saturated carbocycles. The second-order valence-corrected chi connectivity index (χ2v) is 7.61. The normalized spacial score (nSPS) is 25.3. The standard InChI is InChI=1S/C20H25N3O3/c1-20-11-9-18(25)23(20)16-8-4-3-7-15(16)19(26)22(20)14-10-17(24)21-12-5-2-6-13-21/h3-4,7-8H,2,5-6,9-14H2,1H3. The van der Waals surface area contributed by atoms with Crippen LogP contribution in [0.3, 0.4) is 0 Å². The predicted octanol–water partition coefficient (Wildman–Crippen LogP) is 2.39. The van der Waals surface area contributed by atoms with Crippen LogP contribution >= 0.6 is 0 Å². The minimum absolute atomic E-state index is 0.0415. The number of carbonyl (C=O) groups is 3. The van der Waals surface area contributed by atoms with Crippen LogP contribution in [-0.2, 0) is 9.59 Å². The highest BCUT2D eigenvalue weighted by atomic mass is 16.2. The molecule has 4 rings (SSSR count). The van der Waals surface area contributed by atoms with E-state index in [4.69, 9.17) is 0 Å². The Hall–Kier alpha value is -2.37. The smallest absolute Gasteiger partial charge is 0.257 e. The van der Waals surface area contributed by atoms with Crippen LogP contribution in [0.5, 0.6) is 0 Å². The third-order valence-corrected chi connectivity index (χ3v) is 6.00. The molecule has 0 N–H and O–H groups in total. The zero-order chi connectivity index (χ0) is 18.3. The topological polar surface area (TPSA) is 60.9 Å². The highest BCUT2D eigenvalue weighted by Crippen LogP contribution is 2.43. The van der Waals surface area contributed by atoms with Gasteiger partial charge < -0.3 is 9.80 Å². The van der Waals surface area contributed by atoms with Gasteiger partial charge in [-0.05, 0) is 44.7 Å². The van der Waals surface area contributed by atoms with Crippen LogP contribution in [0.2, 0.25) is 0 Å². The zero-order valence-corrected chi connectivity index (χ0v) is 15.2. The molecule has 138 valence electrons. The van der Waals surface area contributed by atoms with Crippen molar-refractivity contribution < 1.29 is 14.4 Å². The van der Waals surface area contributed by atoms with Gasteiger partial charge in [0, 0.05) is 32.5 Å². The van der Waals surface area contributed by atoms with Crippen molar-refractivity contribution >= 4 is 23.4 Å². The summed E-state index contributed by atoms with van der Waals surface area (Å²) >= 11 is 0. The van der Waals surface area contributed by atoms with Gasteiger partial charge in [0.1, 0.15) is 5.66 Å². The molecule has 2 saturated heterocycles. The Morgan fingerprint density at radius 3 is 2.62 bits per heavy atom. The number of para-hydroxylation sites is 1. The Balaban J connectivity index is 1.58. The Labute approximate surface area is 153 Å². The molecule has 0 aromatic heterocycles. The van der Waals surface area contributed by atoms with Crippen LogP contribution in [0.15, 0.2) is 24.3 Å². The Bertz CT molecular complexity index is 756. The molecule has 3 heterocycles. The number of carbonyl (C=O) groups excluding carboxylic acids is 3. The summed E-state index contributed by atoms with van der Waals surface area (Å²) in [5.41, 5.74) is 0.566. The third kappa shape index (κ3) is 2.59. The number of hydrogen-bond acceptors (Lipinski definition) is 3. The quantitative estimate of drug-likeness (QED) is 0.836. The van der Waals surface area contributed by atoms with Crippen molar-refractivity contribution in [3.05, 3.63) is 29.8 Å². The van der Waals surface area contributed by atoms with E-state index in [-0.39, 0.29) is 17.7 Å². The Morgan fingerprint density at radius 1 is 1.12 bits per heavy atom. The molecule has 3 aliphatic rings. The van der Waals surface area contributed by atoms with E-state index in [0.29, 0.717) is 37.1 Å². The first-order chi connectivity index (χ1) is 12.5. The van der Waals surface area contributed by atoms with E-state index in [1.165, 1.54) is 6.42 Å². The summed E-state index contributed by atoms with van der Waals surface area (Å²) in [5, 5.41) is 0. The minimum Gasteiger partial charge on any atom is -0.343 e. The van der Waals surface area contributed by atoms with Crippen molar-refractivity contribution in [2.45, 2.75) is 51.1 Å². The van der Waals surface area contributed by atoms with E-state index in [0.717, 1.165) is 25.9 Å². The van der Waals surface area contributed by atoms with Gasteiger partial charge in [0.2, 0.25) is 11.8 Å². The lowest BCUT2D eigenvalue weighted by Gasteiger charge is -2.48. The highest BCUT2D eigenvalue weighted by Gasteiger charge is 2.52. The summed E-state index contributed by atoms with van der Waals surface area (Å²) in [5.74, 6) is 0.0659.